The highest BCUT2D eigenvalue weighted by atomic mass is 16.5. The van der Waals surface area contributed by atoms with Crippen molar-refractivity contribution in [2.24, 2.45) is 7.05 Å². The molecule has 23 heavy (non-hydrogen) atoms. The number of carbonyl (C=O) groups is 1. The van der Waals surface area contributed by atoms with Crippen molar-refractivity contribution >= 4 is 5.91 Å². The highest BCUT2D eigenvalue weighted by Crippen LogP contribution is 2.25. The van der Waals surface area contributed by atoms with Gasteiger partial charge in [0, 0.05) is 45.5 Å². The molecule has 2 aromatic rings. The van der Waals surface area contributed by atoms with E-state index in [4.69, 9.17) is 4.74 Å². The molecule has 1 aliphatic heterocycles. The molecule has 5 heteroatoms. The molecule has 1 saturated heterocycles. The number of para-hydroxylation sites is 1. The zero-order chi connectivity index (χ0) is 16.2. The molecular formula is C18H23N3O2. The number of hydrogen-bond acceptors (Lipinski definition) is 3. The highest BCUT2D eigenvalue weighted by Gasteiger charge is 2.37. The first-order valence-corrected chi connectivity index (χ1v) is 7.95. The van der Waals surface area contributed by atoms with Gasteiger partial charge in [-0.1, -0.05) is 18.2 Å². The first kappa shape index (κ1) is 15.6. The summed E-state index contributed by atoms with van der Waals surface area (Å²) in [5.74, 6) is 0.909. The van der Waals surface area contributed by atoms with Crippen LogP contribution >= 0.6 is 0 Å². The number of rotatable bonds is 5. The second kappa shape index (κ2) is 6.87. The van der Waals surface area contributed by atoms with E-state index in [0.29, 0.717) is 6.42 Å². The summed E-state index contributed by atoms with van der Waals surface area (Å²) in [4.78, 5) is 14.4. The van der Waals surface area contributed by atoms with Crippen LogP contribution in [0.25, 0.3) is 0 Å². The predicted octanol–water partition coefficient (Wildman–Crippen LogP) is 1.79. The molecule has 0 radical (unpaired) electrons. The Hall–Kier alpha value is -2.27. The Morgan fingerprint density at radius 3 is 2.70 bits per heavy atom. The van der Waals surface area contributed by atoms with Crippen molar-refractivity contribution in [2.45, 2.75) is 25.1 Å². The monoisotopic (exact) mass is 313 g/mol. The minimum atomic E-state index is -0.149. The number of likely N-dealkylation sites (tertiary alicyclic amines) is 1. The van der Waals surface area contributed by atoms with E-state index < -0.39 is 0 Å². The van der Waals surface area contributed by atoms with Crippen LogP contribution in [0.15, 0.2) is 48.7 Å². The minimum absolute atomic E-state index is 0.0277. The molecule has 0 bridgehead atoms. The van der Waals surface area contributed by atoms with Crippen LogP contribution in [-0.2, 0) is 18.4 Å². The van der Waals surface area contributed by atoms with Crippen molar-refractivity contribution in [2.75, 3.05) is 13.6 Å². The molecule has 1 aliphatic rings. The van der Waals surface area contributed by atoms with Crippen molar-refractivity contribution < 1.29 is 9.53 Å². The Bertz CT molecular complexity index is 653. The van der Waals surface area contributed by atoms with E-state index in [-0.39, 0.29) is 18.1 Å². The molecule has 0 saturated carbocycles. The summed E-state index contributed by atoms with van der Waals surface area (Å²) in [5, 5.41) is 2.77. The van der Waals surface area contributed by atoms with Crippen molar-refractivity contribution in [3.05, 3.63) is 54.4 Å². The zero-order valence-corrected chi connectivity index (χ0v) is 13.6. The van der Waals surface area contributed by atoms with Crippen molar-refractivity contribution in [3.63, 3.8) is 0 Å². The fraction of sp³-hybridized carbons (Fsp3) is 0.389. The lowest BCUT2D eigenvalue weighted by Gasteiger charge is -2.22. The van der Waals surface area contributed by atoms with Crippen LogP contribution in [0.3, 0.4) is 0 Å². The van der Waals surface area contributed by atoms with Gasteiger partial charge in [0.25, 0.3) is 0 Å². The third kappa shape index (κ3) is 3.56. The van der Waals surface area contributed by atoms with E-state index in [1.807, 2.05) is 49.6 Å². The predicted molar refractivity (Wildman–Crippen MR) is 89.2 cm³/mol. The number of amides is 1. The molecule has 122 valence electrons. The van der Waals surface area contributed by atoms with Crippen LogP contribution in [0.5, 0.6) is 5.75 Å². The van der Waals surface area contributed by atoms with Gasteiger partial charge in [0.15, 0.2) is 0 Å². The van der Waals surface area contributed by atoms with Crippen LogP contribution in [0.2, 0.25) is 0 Å². The van der Waals surface area contributed by atoms with Crippen molar-refractivity contribution in [1.29, 1.82) is 0 Å². The van der Waals surface area contributed by atoms with Gasteiger partial charge in [-0.2, -0.15) is 0 Å². The molecule has 5 nitrogen and oxygen atoms in total. The topological polar surface area (TPSA) is 46.5 Å². The summed E-state index contributed by atoms with van der Waals surface area (Å²) in [7, 11) is 3.71. The maximum Gasteiger partial charge on any atom is 0.237 e. The number of aromatic nitrogens is 1. The lowest BCUT2D eigenvalue weighted by molar-refractivity contribution is -0.125. The second-order valence-corrected chi connectivity index (χ2v) is 5.96. The number of benzene rings is 1. The molecule has 3 rings (SSSR count). The number of carbonyl (C=O) groups excluding carboxylic acids is 1. The molecule has 0 spiro atoms. The normalized spacial score (nSPS) is 21.3. The third-order valence-electron chi connectivity index (χ3n) is 4.38. The molecule has 1 fully saturated rings. The molecule has 1 aromatic carbocycles. The summed E-state index contributed by atoms with van der Waals surface area (Å²) in [6, 6.07) is 13.8. The van der Waals surface area contributed by atoms with Crippen molar-refractivity contribution in [3.8, 4) is 5.75 Å². The smallest absolute Gasteiger partial charge is 0.237 e. The summed E-state index contributed by atoms with van der Waals surface area (Å²) in [5.41, 5.74) is 1.19. The maximum atomic E-state index is 12.2. The van der Waals surface area contributed by atoms with Crippen LogP contribution in [0, 0.1) is 0 Å². The number of hydrogen-bond donors (Lipinski definition) is 1. The second-order valence-electron chi connectivity index (χ2n) is 5.96. The number of nitrogens with zero attached hydrogens (tertiary/aromatic N) is 2. The van der Waals surface area contributed by atoms with E-state index in [1.165, 1.54) is 5.69 Å². The Balaban J connectivity index is 1.71. The van der Waals surface area contributed by atoms with Crippen LogP contribution in [0.1, 0.15) is 12.1 Å². The molecular weight excluding hydrogens is 290 g/mol. The standard InChI is InChI=1S/C18H23N3O2/c1-19-18(22)17-11-16(23-15-8-4-3-5-9-15)13-21(17)12-14-7-6-10-20(14)2/h3-10,16-17H,11-13H2,1-2H3,(H,19,22)/t16-,17+/m0/s1. The fourth-order valence-corrected chi connectivity index (χ4v) is 3.12. The summed E-state index contributed by atoms with van der Waals surface area (Å²) in [6.07, 6.45) is 2.76. The molecule has 2 atom stereocenters. The Labute approximate surface area is 136 Å². The van der Waals surface area contributed by atoms with E-state index in [9.17, 15) is 4.79 Å². The van der Waals surface area contributed by atoms with Crippen LogP contribution in [0.4, 0.5) is 0 Å². The molecule has 1 N–H and O–H groups in total. The van der Waals surface area contributed by atoms with E-state index in [1.54, 1.807) is 7.05 Å². The van der Waals surface area contributed by atoms with Gasteiger partial charge in [0.2, 0.25) is 5.91 Å². The minimum Gasteiger partial charge on any atom is -0.489 e. The molecule has 0 unspecified atom stereocenters. The van der Waals surface area contributed by atoms with Gasteiger partial charge in [-0.3, -0.25) is 9.69 Å². The summed E-state index contributed by atoms with van der Waals surface area (Å²) >= 11 is 0. The zero-order valence-electron chi connectivity index (χ0n) is 13.6. The number of nitrogens with one attached hydrogen (secondary N) is 1. The fourth-order valence-electron chi connectivity index (χ4n) is 3.12. The number of ether oxygens (including phenoxy) is 1. The van der Waals surface area contributed by atoms with Crippen LogP contribution < -0.4 is 10.1 Å². The van der Waals surface area contributed by atoms with Crippen LogP contribution in [-0.4, -0.2) is 41.1 Å². The molecule has 1 aromatic heterocycles. The van der Waals surface area contributed by atoms with Gasteiger partial charge in [-0.15, -0.1) is 0 Å². The highest BCUT2D eigenvalue weighted by molar-refractivity contribution is 5.81. The lowest BCUT2D eigenvalue weighted by Crippen LogP contribution is -2.41. The molecule has 0 aliphatic carbocycles. The van der Waals surface area contributed by atoms with Gasteiger partial charge < -0.3 is 14.6 Å². The van der Waals surface area contributed by atoms with Gasteiger partial charge in [-0.05, 0) is 24.3 Å². The average molecular weight is 313 g/mol. The Kier molecular flexibility index (Phi) is 4.67. The first-order valence-electron chi connectivity index (χ1n) is 7.95. The van der Waals surface area contributed by atoms with E-state index in [0.717, 1.165) is 18.8 Å². The van der Waals surface area contributed by atoms with Gasteiger partial charge in [-0.25, -0.2) is 0 Å². The SMILES string of the molecule is CNC(=O)[C@H]1C[C@H](Oc2ccccc2)CN1Cc1cccn1C. The number of likely N-dealkylation sites (N-methyl/N-ethyl adjacent to an activating group) is 1. The summed E-state index contributed by atoms with van der Waals surface area (Å²) < 4.78 is 8.14. The third-order valence-corrected chi connectivity index (χ3v) is 4.38. The van der Waals surface area contributed by atoms with Gasteiger partial charge in [0.05, 0.1) is 6.04 Å². The first-order chi connectivity index (χ1) is 11.2. The lowest BCUT2D eigenvalue weighted by atomic mass is 10.2. The quantitative estimate of drug-likeness (QED) is 0.915. The molecule has 2 heterocycles. The van der Waals surface area contributed by atoms with Gasteiger partial charge >= 0.3 is 0 Å². The molecule has 1 amide bonds. The van der Waals surface area contributed by atoms with Crippen molar-refractivity contribution in [1.82, 2.24) is 14.8 Å². The van der Waals surface area contributed by atoms with E-state index in [2.05, 4.69) is 20.9 Å². The maximum absolute atomic E-state index is 12.2. The van der Waals surface area contributed by atoms with Gasteiger partial charge in [0.1, 0.15) is 11.9 Å². The Morgan fingerprint density at radius 2 is 2.04 bits per heavy atom. The number of aryl methyl sites for hydroxylation is 1. The Morgan fingerprint density at radius 1 is 1.26 bits per heavy atom. The van der Waals surface area contributed by atoms with E-state index >= 15 is 0 Å². The average Bonchev–Trinajstić information content (AvgIpc) is 3.15. The summed E-state index contributed by atoms with van der Waals surface area (Å²) in [6.45, 7) is 1.49. The largest absolute Gasteiger partial charge is 0.489 e.